The van der Waals surface area contributed by atoms with E-state index in [0.29, 0.717) is 5.56 Å². The second-order valence-electron chi connectivity index (χ2n) is 5.13. The number of nitro benzene ring substituents is 1. The summed E-state index contributed by atoms with van der Waals surface area (Å²) in [6.07, 6.45) is 3.83. The van der Waals surface area contributed by atoms with Crippen LogP contribution in [0, 0.1) is 28.4 Å². The van der Waals surface area contributed by atoms with Crippen molar-refractivity contribution in [3.05, 3.63) is 86.8 Å². The third kappa shape index (κ3) is 4.19. The summed E-state index contributed by atoms with van der Waals surface area (Å²) in [4.78, 5) is 10.0. The molecule has 0 aliphatic carbocycles. The number of hydrogen-bond donors (Lipinski definition) is 0. The molecule has 126 valence electrons. The molecule has 0 saturated carbocycles. The Morgan fingerprint density at radius 1 is 1.16 bits per heavy atom. The number of sulfone groups is 1. The first-order valence-electron chi connectivity index (χ1n) is 7.20. The molecule has 0 aromatic heterocycles. The molecule has 0 N–H and O–H groups in total. The molecule has 6 nitrogen and oxygen atoms in total. The van der Waals surface area contributed by atoms with Crippen LogP contribution in [0.4, 0.5) is 5.69 Å². The van der Waals surface area contributed by atoms with Crippen molar-refractivity contribution in [2.24, 2.45) is 0 Å². The molecular formula is C18H14N2O4S. The van der Waals surface area contributed by atoms with E-state index in [4.69, 9.17) is 0 Å². The molecule has 2 rings (SSSR count). The molecule has 2 aromatic rings. The first-order valence-corrected chi connectivity index (χ1v) is 8.68. The predicted octanol–water partition coefficient (Wildman–Crippen LogP) is 3.80. The Labute approximate surface area is 145 Å². The Hall–Kier alpha value is -3.24. The highest BCUT2D eigenvalue weighted by Gasteiger charge is 2.19. The SMILES string of the molecule is Cc1ccc(S(=O)(=O)/C(C#N)=C/C=C/c2ccccc2[N+](=O)[O-])cc1. The Morgan fingerprint density at radius 2 is 1.80 bits per heavy atom. The van der Waals surface area contributed by atoms with E-state index >= 15 is 0 Å². The number of hydrogen-bond acceptors (Lipinski definition) is 5. The molecule has 0 fully saturated rings. The second-order valence-corrected chi connectivity index (χ2v) is 7.05. The van der Waals surface area contributed by atoms with Gasteiger partial charge in [0.1, 0.15) is 11.0 Å². The van der Waals surface area contributed by atoms with Gasteiger partial charge in [0.2, 0.25) is 9.84 Å². The quantitative estimate of drug-likeness (QED) is 0.352. The smallest absolute Gasteiger partial charge is 0.258 e. The zero-order chi connectivity index (χ0) is 18.4. The van der Waals surface area contributed by atoms with Crippen molar-refractivity contribution in [2.45, 2.75) is 11.8 Å². The van der Waals surface area contributed by atoms with Crippen LogP contribution >= 0.6 is 0 Å². The largest absolute Gasteiger partial charge is 0.276 e. The van der Waals surface area contributed by atoms with Gasteiger partial charge in [-0.2, -0.15) is 5.26 Å². The molecule has 25 heavy (non-hydrogen) atoms. The molecule has 7 heteroatoms. The minimum absolute atomic E-state index is 0.0185. The molecule has 0 amide bonds. The molecule has 0 spiro atoms. The molecule has 0 heterocycles. The van der Waals surface area contributed by atoms with Crippen molar-refractivity contribution in [1.82, 2.24) is 0 Å². The molecule has 0 bridgehead atoms. The van der Waals surface area contributed by atoms with Gasteiger partial charge in [-0.15, -0.1) is 0 Å². The summed E-state index contributed by atoms with van der Waals surface area (Å²) in [5.41, 5.74) is 1.11. The highest BCUT2D eigenvalue weighted by Crippen LogP contribution is 2.21. The van der Waals surface area contributed by atoms with Crippen LogP contribution in [0.2, 0.25) is 0 Å². The Balaban J connectivity index is 2.37. The number of nitro groups is 1. The molecule has 0 aliphatic rings. The lowest BCUT2D eigenvalue weighted by Crippen LogP contribution is -2.03. The van der Waals surface area contributed by atoms with Crippen LogP contribution < -0.4 is 0 Å². The van der Waals surface area contributed by atoms with Crippen LogP contribution in [-0.4, -0.2) is 13.3 Å². The summed E-state index contributed by atoms with van der Waals surface area (Å²) < 4.78 is 24.9. The van der Waals surface area contributed by atoms with Gasteiger partial charge >= 0.3 is 0 Å². The zero-order valence-electron chi connectivity index (χ0n) is 13.3. The molecule has 2 aromatic carbocycles. The lowest BCUT2D eigenvalue weighted by Gasteiger charge is -2.02. The van der Waals surface area contributed by atoms with E-state index in [0.717, 1.165) is 11.6 Å². The van der Waals surface area contributed by atoms with Crippen molar-refractivity contribution in [3.8, 4) is 6.07 Å². The Bertz CT molecular complexity index is 998. The highest BCUT2D eigenvalue weighted by molar-refractivity contribution is 7.95. The van der Waals surface area contributed by atoms with E-state index in [1.54, 1.807) is 24.3 Å². The van der Waals surface area contributed by atoms with Crippen LogP contribution in [0.15, 0.2) is 70.5 Å². The van der Waals surface area contributed by atoms with Crippen molar-refractivity contribution in [2.75, 3.05) is 0 Å². The second kappa shape index (κ2) is 7.55. The lowest BCUT2D eigenvalue weighted by atomic mass is 10.1. The van der Waals surface area contributed by atoms with Gasteiger partial charge < -0.3 is 0 Å². The van der Waals surface area contributed by atoms with E-state index in [2.05, 4.69) is 0 Å². The van der Waals surface area contributed by atoms with Crippen molar-refractivity contribution in [3.63, 3.8) is 0 Å². The number of para-hydroxylation sites is 1. The standard InChI is InChI=1S/C18H14N2O4S/c1-14-9-11-16(12-10-14)25(23,24)17(13-19)7-4-6-15-5-2-3-8-18(15)20(21)22/h2-12H,1H3/b6-4+,17-7+. The minimum atomic E-state index is -3.93. The lowest BCUT2D eigenvalue weighted by molar-refractivity contribution is -0.385. The fourth-order valence-electron chi connectivity index (χ4n) is 2.07. The zero-order valence-corrected chi connectivity index (χ0v) is 14.1. The molecule has 0 saturated heterocycles. The number of allylic oxidation sites excluding steroid dienone is 3. The summed E-state index contributed by atoms with van der Waals surface area (Å²) in [7, 11) is -3.93. The normalized spacial score (nSPS) is 12.1. The number of rotatable bonds is 5. The van der Waals surface area contributed by atoms with Gasteiger partial charge in [0, 0.05) is 6.07 Å². The van der Waals surface area contributed by atoms with Gasteiger partial charge in [0.05, 0.1) is 15.4 Å². The Morgan fingerprint density at radius 3 is 2.40 bits per heavy atom. The van der Waals surface area contributed by atoms with E-state index < -0.39 is 19.7 Å². The maximum atomic E-state index is 12.5. The van der Waals surface area contributed by atoms with E-state index in [-0.39, 0.29) is 10.6 Å². The van der Waals surface area contributed by atoms with Crippen LogP contribution in [0.1, 0.15) is 11.1 Å². The maximum Gasteiger partial charge on any atom is 0.276 e. The summed E-state index contributed by atoms with van der Waals surface area (Å²) in [6, 6.07) is 13.9. The molecule has 0 aliphatic heterocycles. The number of benzene rings is 2. The summed E-state index contributed by atoms with van der Waals surface area (Å²) in [6.45, 7) is 1.83. The van der Waals surface area contributed by atoms with Crippen LogP contribution in [0.3, 0.4) is 0 Å². The number of nitrogens with zero attached hydrogens (tertiary/aromatic N) is 2. The summed E-state index contributed by atoms with van der Waals surface area (Å²) in [5, 5.41) is 20.1. The molecular weight excluding hydrogens is 340 g/mol. The monoisotopic (exact) mass is 354 g/mol. The third-order valence-corrected chi connectivity index (χ3v) is 5.09. The van der Waals surface area contributed by atoms with Crippen molar-refractivity contribution < 1.29 is 13.3 Å². The summed E-state index contributed by atoms with van der Waals surface area (Å²) in [5.74, 6) is 0. The van der Waals surface area contributed by atoms with E-state index in [1.807, 2.05) is 6.92 Å². The van der Waals surface area contributed by atoms with E-state index in [9.17, 15) is 23.8 Å². The van der Waals surface area contributed by atoms with Crippen molar-refractivity contribution >= 4 is 21.6 Å². The van der Waals surface area contributed by atoms with Gasteiger partial charge in [0.25, 0.3) is 5.69 Å². The predicted molar refractivity (Wildman–Crippen MR) is 94.2 cm³/mol. The number of nitriles is 1. The van der Waals surface area contributed by atoms with E-state index in [1.165, 1.54) is 42.5 Å². The Kier molecular flexibility index (Phi) is 5.47. The van der Waals surface area contributed by atoms with Crippen molar-refractivity contribution in [1.29, 1.82) is 5.26 Å². The molecule has 0 unspecified atom stereocenters. The fourth-order valence-corrected chi connectivity index (χ4v) is 3.19. The van der Waals surface area contributed by atoms with Crippen LogP contribution in [0.25, 0.3) is 6.08 Å². The first kappa shape index (κ1) is 18.1. The minimum Gasteiger partial charge on any atom is -0.258 e. The molecule has 0 atom stereocenters. The first-order chi connectivity index (χ1) is 11.9. The highest BCUT2D eigenvalue weighted by atomic mass is 32.2. The molecule has 0 radical (unpaired) electrons. The van der Waals surface area contributed by atoms with Gasteiger partial charge in [-0.3, -0.25) is 10.1 Å². The topological polar surface area (TPSA) is 101 Å². The number of aryl methyl sites for hydroxylation is 1. The average Bonchev–Trinajstić information content (AvgIpc) is 2.59. The van der Waals surface area contributed by atoms with Gasteiger partial charge in [-0.1, -0.05) is 35.9 Å². The fraction of sp³-hybridized carbons (Fsp3) is 0.0556. The van der Waals surface area contributed by atoms with Gasteiger partial charge in [0.15, 0.2) is 0 Å². The van der Waals surface area contributed by atoms with Gasteiger partial charge in [-0.25, -0.2) is 8.42 Å². The average molecular weight is 354 g/mol. The van der Waals surface area contributed by atoms with Gasteiger partial charge in [-0.05, 0) is 37.3 Å². The summed E-state index contributed by atoms with van der Waals surface area (Å²) >= 11 is 0. The third-order valence-electron chi connectivity index (χ3n) is 3.39. The maximum absolute atomic E-state index is 12.5. The van der Waals surface area contributed by atoms with Crippen LogP contribution in [0.5, 0.6) is 0 Å². The van der Waals surface area contributed by atoms with Crippen LogP contribution in [-0.2, 0) is 9.84 Å².